The minimum Gasteiger partial charge on any atom is -0.507 e. The van der Waals surface area contributed by atoms with E-state index in [1.54, 1.807) is 18.2 Å². The average Bonchev–Trinajstić information content (AvgIpc) is 3.20. The molecule has 0 amide bonds. The van der Waals surface area contributed by atoms with Crippen LogP contribution < -0.4 is 19.8 Å². The highest BCUT2D eigenvalue weighted by Crippen LogP contribution is 2.38. The standard InChI is InChI=1S/C27H25ClF3N3O4S/c1-4-33(5-2)18-12-9-16(19(35)14-18)13-20-24(36)34-22(15-7-10-17(28)11-8-15)21(25(37)38-6-3)23(27(29,30)31)32-26(34)39-20/h7-14,22,35H,4-6H2,1-3H3/b20-13-/t22-/m1/s1. The summed E-state index contributed by atoms with van der Waals surface area (Å²) in [7, 11) is 0. The number of esters is 1. The van der Waals surface area contributed by atoms with Gasteiger partial charge in [-0.15, -0.1) is 0 Å². The predicted octanol–water partition coefficient (Wildman–Crippen LogP) is 4.55. The number of benzene rings is 2. The van der Waals surface area contributed by atoms with Gasteiger partial charge in [-0.1, -0.05) is 35.1 Å². The third-order valence-electron chi connectivity index (χ3n) is 6.21. The monoisotopic (exact) mass is 579 g/mol. The summed E-state index contributed by atoms with van der Waals surface area (Å²) in [5, 5.41) is 11.0. The number of carbonyl (C=O) groups excluding carboxylic acids is 1. The second kappa shape index (κ2) is 11.3. The summed E-state index contributed by atoms with van der Waals surface area (Å²) in [5.41, 5.74) is -1.59. The molecule has 0 radical (unpaired) electrons. The van der Waals surface area contributed by atoms with Gasteiger partial charge < -0.3 is 14.7 Å². The number of hydrogen-bond donors (Lipinski definition) is 1. The van der Waals surface area contributed by atoms with E-state index in [9.17, 15) is 27.9 Å². The van der Waals surface area contributed by atoms with Gasteiger partial charge in [0.1, 0.15) is 5.75 Å². The molecule has 12 heteroatoms. The SMILES string of the molecule is CCOC(=O)C1=C(C(F)(F)F)N=c2s/c(=C\c3ccc(N(CC)CC)cc3O)c(=O)n2[C@@H]1c1ccc(Cl)cc1. The van der Waals surface area contributed by atoms with Crippen LogP contribution in [0.25, 0.3) is 6.08 Å². The molecule has 1 N–H and O–H groups in total. The van der Waals surface area contributed by atoms with Crippen molar-refractivity contribution in [3.63, 3.8) is 0 Å². The number of anilines is 1. The van der Waals surface area contributed by atoms with E-state index < -0.39 is 35.0 Å². The number of ether oxygens (including phenoxy) is 1. The van der Waals surface area contributed by atoms with Crippen molar-refractivity contribution in [2.45, 2.75) is 33.0 Å². The molecule has 1 atom stereocenters. The molecule has 7 nitrogen and oxygen atoms in total. The van der Waals surface area contributed by atoms with E-state index in [1.807, 2.05) is 18.7 Å². The smallest absolute Gasteiger partial charge is 0.434 e. The molecule has 206 valence electrons. The van der Waals surface area contributed by atoms with E-state index in [0.29, 0.717) is 10.6 Å². The molecule has 3 aromatic rings. The lowest BCUT2D eigenvalue weighted by molar-refractivity contribution is -0.140. The third-order valence-corrected chi connectivity index (χ3v) is 7.44. The molecule has 0 fully saturated rings. The van der Waals surface area contributed by atoms with E-state index in [1.165, 1.54) is 37.3 Å². The van der Waals surface area contributed by atoms with Gasteiger partial charge in [0.2, 0.25) is 0 Å². The van der Waals surface area contributed by atoms with Crippen LogP contribution in [0.5, 0.6) is 5.75 Å². The van der Waals surface area contributed by atoms with Gasteiger partial charge in [-0.25, -0.2) is 9.79 Å². The van der Waals surface area contributed by atoms with Crippen LogP contribution in [0.15, 0.2) is 63.5 Å². The Morgan fingerprint density at radius 2 is 1.85 bits per heavy atom. The van der Waals surface area contributed by atoms with Gasteiger partial charge in [0.15, 0.2) is 10.5 Å². The van der Waals surface area contributed by atoms with Crippen molar-refractivity contribution in [1.29, 1.82) is 0 Å². The van der Waals surface area contributed by atoms with Crippen LogP contribution in [0.3, 0.4) is 0 Å². The molecule has 2 heterocycles. The molecule has 1 aromatic heterocycles. The first-order chi connectivity index (χ1) is 18.5. The minimum atomic E-state index is -5.00. The van der Waals surface area contributed by atoms with E-state index in [-0.39, 0.29) is 27.3 Å². The van der Waals surface area contributed by atoms with Gasteiger partial charge in [0.25, 0.3) is 5.56 Å². The first-order valence-corrected chi connectivity index (χ1v) is 13.3. The minimum absolute atomic E-state index is 0.0326. The first kappa shape index (κ1) is 28.4. The zero-order chi connectivity index (χ0) is 28.5. The molecule has 0 aliphatic carbocycles. The molecule has 0 spiro atoms. The molecule has 0 unspecified atom stereocenters. The average molecular weight is 580 g/mol. The number of nitrogens with zero attached hydrogens (tertiary/aromatic N) is 3. The van der Waals surface area contributed by atoms with Gasteiger partial charge in [-0.2, -0.15) is 13.2 Å². The van der Waals surface area contributed by atoms with Gasteiger partial charge in [0.05, 0.1) is 22.8 Å². The zero-order valence-corrected chi connectivity index (χ0v) is 22.8. The van der Waals surface area contributed by atoms with Crippen molar-refractivity contribution in [3.8, 4) is 5.75 Å². The van der Waals surface area contributed by atoms with Crippen LogP contribution in [0.1, 0.15) is 37.9 Å². The molecule has 4 rings (SSSR count). The van der Waals surface area contributed by atoms with Crippen LogP contribution >= 0.6 is 22.9 Å². The fourth-order valence-corrected chi connectivity index (χ4v) is 5.50. The quantitative estimate of drug-likeness (QED) is 0.415. The van der Waals surface area contributed by atoms with Crippen LogP contribution in [-0.4, -0.2) is 41.5 Å². The molecular formula is C27H25ClF3N3O4S. The Hall–Kier alpha value is -3.57. The Bertz CT molecular complexity index is 1610. The van der Waals surface area contributed by atoms with E-state index >= 15 is 0 Å². The molecule has 0 saturated heterocycles. The Morgan fingerprint density at radius 1 is 1.18 bits per heavy atom. The maximum atomic E-state index is 14.2. The van der Waals surface area contributed by atoms with Crippen molar-refractivity contribution in [2.75, 3.05) is 24.6 Å². The van der Waals surface area contributed by atoms with Crippen molar-refractivity contribution in [2.24, 2.45) is 4.99 Å². The fourth-order valence-electron chi connectivity index (χ4n) is 4.38. The number of halogens is 4. The Labute approximate surface area is 230 Å². The summed E-state index contributed by atoms with van der Waals surface area (Å²) in [6.07, 6.45) is -3.61. The van der Waals surface area contributed by atoms with E-state index in [0.717, 1.165) is 34.7 Å². The largest absolute Gasteiger partial charge is 0.507 e. The molecule has 1 aliphatic heterocycles. The van der Waals surface area contributed by atoms with Crippen molar-refractivity contribution in [3.05, 3.63) is 89.6 Å². The number of fused-ring (bicyclic) bond motifs is 1. The molecule has 39 heavy (non-hydrogen) atoms. The summed E-state index contributed by atoms with van der Waals surface area (Å²) < 4.78 is 48.6. The molecule has 0 bridgehead atoms. The van der Waals surface area contributed by atoms with Gasteiger partial charge in [-0.3, -0.25) is 9.36 Å². The molecule has 0 saturated carbocycles. The summed E-state index contributed by atoms with van der Waals surface area (Å²) in [6, 6.07) is 9.32. The lowest BCUT2D eigenvalue weighted by Crippen LogP contribution is -2.41. The number of carbonyl (C=O) groups is 1. The van der Waals surface area contributed by atoms with Crippen LogP contribution in [0, 0.1) is 0 Å². The summed E-state index contributed by atoms with van der Waals surface area (Å²) in [6.45, 7) is 6.70. The number of thiazole rings is 1. The molecular weight excluding hydrogens is 555 g/mol. The highest BCUT2D eigenvalue weighted by molar-refractivity contribution is 7.07. The number of alkyl halides is 3. The van der Waals surface area contributed by atoms with Gasteiger partial charge in [-0.05, 0) is 56.7 Å². The predicted molar refractivity (Wildman–Crippen MR) is 144 cm³/mol. The second-order valence-electron chi connectivity index (χ2n) is 8.53. The normalized spacial score (nSPS) is 15.7. The maximum Gasteiger partial charge on any atom is 0.434 e. The fraction of sp³-hybridized carbons (Fsp3) is 0.296. The van der Waals surface area contributed by atoms with Crippen molar-refractivity contribution >= 4 is 40.7 Å². The second-order valence-corrected chi connectivity index (χ2v) is 9.98. The summed E-state index contributed by atoms with van der Waals surface area (Å²) in [5.74, 6) is -1.32. The first-order valence-electron chi connectivity index (χ1n) is 12.1. The molecule has 1 aliphatic rings. The van der Waals surface area contributed by atoms with Crippen LogP contribution in [0.4, 0.5) is 18.9 Å². The highest BCUT2D eigenvalue weighted by atomic mass is 35.5. The lowest BCUT2D eigenvalue weighted by atomic mass is 9.95. The van der Waals surface area contributed by atoms with E-state index in [2.05, 4.69) is 4.99 Å². The van der Waals surface area contributed by atoms with Gasteiger partial charge in [0, 0.05) is 35.4 Å². The molecule has 2 aromatic carbocycles. The van der Waals surface area contributed by atoms with Crippen LogP contribution in [-0.2, 0) is 9.53 Å². The number of allylic oxidation sites excluding steroid dienone is 1. The summed E-state index contributed by atoms with van der Waals surface area (Å²) in [4.78, 5) is 32.0. The number of aromatic hydroxyl groups is 1. The topological polar surface area (TPSA) is 84.1 Å². The number of phenols is 1. The number of phenolic OH excluding ortho intramolecular Hbond substituents is 1. The Morgan fingerprint density at radius 3 is 2.41 bits per heavy atom. The van der Waals surface area contributed by atoms with Crippen molar-refractivity contribution < 1.29 is 27.8 Å². The van der Waals surface area contributed by atoms with Crippen molar-refractivity contribution in [1.82, 2.24) is 4.57 Å². The number of rotatable bonds is 7. The summed E-state index contributed by atoms with van der Waals surface area (Å²) >= 11 is 6.72. The third kappa shape index (κ3) is 5.60. The van der Waals surface area contributed by atoms with Gasteiger partial charge >= 0.3 is 12.1 Å². The Balaban J connectivity index is 1.97. The highest BCUT2D eigenvalue weighted by Gasteiger charge is 2.45. The number of aromatic nitrogens is 1. The van der Waals surface area contributed by atoms with E-state index in [4.69, 9.17) is 16.3 Å². The lowest BCUT2D eigenvalue weighted by Gasteiger charge is -2.26. The van der Waals surface area contributed by atoms with Crippen LogP contribution in [0.2, 0.25) is 5.02 Å². The zero-order valence-electron chi connectivity index (χ0n) is 21.3. The maximum absolute atomic E-state index is 14.2. The number of hydrogen-bond acceptors (Lipinski definition) is 7. The Kier molecular flexibility index (Phi) is 8.22.